The first-order chi connectivity index (χ1) is 18.8. The molecular weight excluding hydrogens is 525 g/mol. The summed E-state index contributed by atoms with van der Waals surface area (Å²) in [5, 5.41) is 2.02. The zero-order chi connectivity index (χ0) is 27.6. The van der Waals surface area contributed by atoms with Gasteiger partial charge in [0.15, 0.2) is 5.76 Å². The predicted molar refractivity (Wildman–Crippen MR) is 140 cm³/mol. The number of nitrogens with one attached hydrogen (secondary N) is 1. The Bertz CT molecular complexity index is 1620. The maximum Gasteiger partial charge on any atom is 0.288 e. The van der Waals surface area contributed by atoms with E-state index in [1.54, 1.807) is 11.0 Å². The third kappa shape index (κ3) is 5.26. The maximum atomic E-state index is 13.5. The Hall–Kier alpha value is -4.51. The number of benzene rings is 3. The molecule has 1 aromatic heterocycles. The SMILES string of the molecule is O=C(NC(C(=O)N1CCN(C(=O)c2cccc3ccccc23)CC1)S(=O)(=O)c1ccc(F)cc1)c1ccco1. The summed E-state index contributed by atoms with van der Waals surface area (Å²) in [4.78, 5) is 42.1. The van der Waals surface area contributed by atoms with Crippen LogP contribution < -0.4 is 5.32 Å². The third-order valence-electron chi connectivity index (χ3n) is 6.58. The molecule has 1 aliphatic heterocycles. The number of carbonyl (C=O) groups is 3. The normalized spacial score (nSPS) is 14.7. The molecule has 200 valence electrons. The molecule has 11 heteroatoms. The molecule has 2 heterocycles. The minimum Gasteiger partial charge on any atom is -0.459 e. The Morgan fingerprint density at radius 2 is 1.49 bits per heavy atom. The lowest BCUT2D eigenvalue weighted by Crippen LogP contribution is -2.57. The van der Waals surface area contributed by atoms with Crippen LogP contribution in [-0.2, 0) is 14.6 Å². The highest BCUT2D eigenvalue weighted by molar-refractivity contribution is 7.92. The predicted octanol–water partition coefficient (Wildman–Crippen LogP) is 3.09. The van der Waals surface area contributed by atoms with Gasteiger partial charge in [-0.1, -0.05) is 36.4 Å². The summed E-state index contributed by atoms with van der Waals surface area (Å²) in [6.07, 6.45) is 1.24. The van der Waals surface area contributed by atoms with Gasteiger partial charge in [0.05, 0.1) is 11.2 Å². The molecule has 1 aliphatic rings. The number of nitrogens with zero attached hydrogens (tertiary/aromatic N) is 2. The molecule has 1 unspecified atom stereocenters. The second-order valence-corrected chi connectivity index (χ2v) is 11.0. The van der Waals surface area contributed by atoms with E-state index < -0.39 is 32.8 Å². The van der Waals surface area contributed by atoms with Crippen LogP contribution in [0.2, 0.25) is 0 Å². The first-order valence-electron chi connectivity index (χ1n) is 12.2. The van der Waals surface area contributed by atoms with Gasteiger partial charge in [0, 0.05) is 31.7 Å². The van der Waals surface area contributed by atoms with E-state index in [1.165, 1.54) is 23.3 Å². The summed E-state index contributed by atoms with van der Waals surface area (Å²) in [7, 11) is -4.46. The van der Waals surface area contributed by atoms with Crippen LogP contribution in [0.1, 0.15) is 20.9 Å². The highest BCUT2D eigenvalue weighted by Crippen LogP contribution is 2.22. The number of hydrogen-bond donors (Lipinski definition) is 1. The Kier molecular flexibility index (Phi) is 7.16. The Morgan fingerprint density at radius 1 is 0.821 bits per heavy atom. The lowest BCUT2D eigenvalue weighted by molar-refractivity contribution is -0.132. The van der Waals surface area contributed by atoms with E-state index in [0.717, 1.165) is 35.0 Å². The van der Waals surface area contributed by atoms with Crippen LogP contribution in [0.25, 0.3) is 10.8 Å². The molecule has 3 aromatic carbocycles. The molecule has 9 nitrogen and oxygen atoms in total. The fraction of sp³-hybridized carbons (Fsp3) is 0.179. The van der Waals surface area contributed by atoms with Crippen LogP contribution in [-0.4, -0.2) is 67.5 Å². The van der Waals surface area contributed by atoms with Crippen molar-refractivity contribution in [1.82, 2.24) is 15.1 Å². The number of furan rings is 1. The molecule has 3 amide bonds. The third-order valence-corrected chi connectivity index (χ3v) is 8.45. The summed E-state index contributed by atoms with van der Waals surface area (Å²) in [6.45, 7) is 0.454. The summed E-state index contributed by atoms with van der Waals surface area (Å²) < 4.78 is 45.4. The minimum absolute atomic E-state index is 0.0569. The van der Waals surface area contributed by atoms with Gasteiger partial charge in [-0.3, -0.25) is 14.4 Å². The lowest BCUT2D eigenvalue weighted by Gasteiger charge is -2.36. The quantitative estimate of drug-likeness (QED) is 0.370. The molecule has 1 saturated heterocycles. The number of amides is 3. The molecule has 0 saturated carbocycles. The average molecular weight is 550 g/mol. The molecule has 0 aliphatic carbocycles. The minimum atomic E-state index is -4.46. The molecule has 0 spiro atoms. The van der Waals surface area contributed by atoms with Gasteiger partial charge in [-0.15, -0.1) is 0 Å². The van der Waals surface area contributed by atoms with Gasteiger partial charge in [0.25, 0.3) is 17.7 Å². The largest absolute Gasteiger partial charge is 0.459 e. The highest BCUT2D eigenvalue weighted by Gasteiger charge is 2.40. The zero-order valence-electron chi connectivity index (χ0n) is 20.6. The molecule has 1 atom stereocenters. The summed E-state index contributed by atoms with van der Waals surface area (Å²) >= 11 is 0. The fourth-order valence-electron chi connectivity index (χ4n) is 4.51. The van der Waals surface area contributed by atoms with Crippen molar-refractivity contribution >= 4 is 38.3 Å². The van der Waals surface area contributed by atoms with E-state index in [2.05, 4.69) is 5.32 Å². The molecule has 5 rings (SSSR count). The Morgan fingerprint density at radius 3 is 2.18 bits per heavy atom. The van der Waals surface area contributed by atoms with Gasteiger partial charge in [-0.25, -0.2) is 12.8 Å². The van der Waals surface area contributed by atoms with E-state index in [4.69, 9.17) is 4.42 Å². The van der Waals surface area contributed by atoms with Crippen molar-refractivity contribution in [1.29, 1.82) is 0 Å². The number of halogens is 1. The van der Waals surface area contributed by atoms with Crippen molar-refractivity contribution in [3.8, 4) is 0 Å². The number of hydrogen-bond acceptors (Lipinski definition) is 6. The smallest absolute Gasteiger partial charge is 0.288 e. The second kappa shape index (κ2) is 10.7. The molecule has 0 bridgehead atoms. The van der Waals surface area contributed by atoms with Gasteiger partial charge in [-0.05, 0) is 53.2 Å². The van der Waals surface area contributed by atoms with Gasteiger partial charge < -0.3 is 19.5 Å². The summed E-state index contributed by atoms with van der Waals surface area (Å²) in [6, 6.07) is 19.8. The van der Waals surface area contributed by atoms with Gasteiger partial charge in [0.1, 0.15) is 5.82 Å². The molecule has 39 heavy (non-hydrogen) atoms. The Balaban J connectivity index is 1.35. The van der Waals surface area contributed by atoms with E-state index >= 15 is 0 Å². The first kappa shape index (κ1) is 26.1. The molecule has 0 radical (unpaired) electrons. The molecule has 1 N–H and O–H groups in total. The second-order valence-electron chi connectivity index (χ2n) is 8.97. The van der Waals surface area contributed by atoms with Crippen molar-refractivity contribution in [3.05, 3.63) is 102 Å². The van der Waals surface area contributed by atoms with E-state index in [-0.39, 0.29) is 42.7 Å². The highest BCUT2D eigenvalue weighted by atomic mass is 32.2. The first-order valence-corrected chi connectivity index (χ1v) is 13.7. The summed E-state index contributed by atoms with van der Waals surface area (Å²) in [5.74, 6) is -2.78. The monoisotopic (exact) mass is 549 g/mol. The molecule has 4 aromatic rings. The molecular formula is C28H24FN3O6S. The van der Waals surface area contributed by atoms with Crippen LogP contribution in [0.3, 0.4) is 0 Å². The van der Waals surface area contributed by atoms with E-state index in [0.29, 0.717) is 5.56 Å². The van der Waals surface area contributed by atoms with Crippen LogP contribution in [0.4, 0.5) is 4.39 Å². The standard InChI is InChI=1S/C28H24FN3O6S/c29-20-10-12-21(13-11-20)39(36,37)26(30-25(33)24-9-4-18-38-24)28(35)32-16-14-31(15-17-32)27(34)23-8-3-6-19-5-1-2-7-22(19)23/h1-13,18,26H,14-17H2,(H,30,33). The van der Waals surface area contributed by atoms with Crippen LogP contribution in [0.5, 0.6) is 0 Å². The van der Waals surface area contributed by atoms with Gasteiger partial charge >= 0.3 is 0 Å². The number of rotatable bonds is 6. The average Bonchev–Trinajstić information content (AvgIpc) is 3.50. The van der Waals surface area contributed by atoms with Gasteiger partial charge in [0.2, 0.25) is 15.2 Å². The van der Waals surface area contributed by atoms with Crippen LogP contribution in [0, 0.1) is 5.82 Å². The lowest BCUT2D eigenvalue weighted by atomic mass is 10.0. The molecule has 1 fully saturated rings. The Labute approximate surface area is 223 Å². The number of carbonyl (C=O) groups excluding carboxylic acids is 3. The van der Waals surface area contributed by atoms with E-state index in [1.807, 2.05) is 36.4 Å². The van der Waals surface area contributed by atoms with Gasteiger partial charge in [-0.2, -0.15) is 0 Å². The summed E-state index contributed by atoms with van der Waals surface area (Å²) in [5.41, 5.74) is 0.537. The van der Waals surface area contributed by atoms with E-state index in [9.17, 15) is 27.2 Å². The van der Waals surface area contributed by atoms with Crippen molar-refractivity contribution in [2.24, 2.45) is 0 Å². The van der Waals surface area contributed by atoms with Crippen LogP contribution in [0.15, 0.2) is 94.4 Å². The number of fused-ring (bicyclic) bond motifs is 1. The maximum absolute atomic E-state index is 13.5. The van der Waals surface area contributed by atoms with Crippen molar-refractivity contribution < 1.29 is 31.6 Å². The van der Waals surface area contributed by atoms with Crippen molar-refractivity contribution in [2.45, 2.75) is 10.3 Å². The van der Waals surface area contributed by atoms with Crippen molar-refractivity contribution in [3.63, 3.8) is 0 Å². The zero-order valence-corrected chi connectivity index (χ0v) is 21.4. The fourth-order valence-corrected chi connectivity index (χ4v) is 5.97. The van der Waals surface area contributed by atoms with Crippen LogP contribution >= 0.6 is 0 Å². The number of piperazine rings is 1. The topological polar surface area (TPSA) is 117 Å². The van der Waals surface area contributed by atoms with Crippen molar-refractivity contribution in [2.75, 3.05) is 26.2 Å². The number of sulfone groups is 1.